The number of thiophene rings is 1. The average molecular weight is 463 g/mol. The molecule has 1 aliphatic heterocycles. The summed E-state index contributed by atoms with van der Waals surface area (Å²) in [6.07, 6.45) is -3.80. The molecule has 30 heavy (non-hydrogen) atoms. The van der Waals surface area contributed by atoms with E-state index in [1.807, 2.05) is 0 Å². The lowest BCUT2D eigenvalue weighted by atomic mass is 10.0. The number of esters is 1. The number of amides is 1. The first-order valence-corrected chi connectivity index (χ1v) is 10.1. The summed E-state index contributed by atoms with van der Waals surface area (Å²) in [4.78, 5) is 28.3. The SMILES string of the molecule is CCOC(=O)c1c(NC(=O)c2ccc(C(F)(F)F)cc2)sc2c1CCN(CC)C2.Cl. The molecule has 1 amide bonds. The van der Waals surface area contributed by atoms with Gasteiger partial charge in [-0.15, -0.1) is 23.7 Å². The number of anilines is 1. The van der Waals surface area contributed by atoms with Crippen LogP contribution in [-0.2, 0) is 23.9 Å². The van der Waals surface area contributed by atoms with Crippen LogP contribution in [0.25, 0.3) is 0 Å². The Morgan fingerprint density at radius 3 is 2.43 bits per heavy atom. The summed E-state index contributed by atoms with van der Waals surface area (Å²) in [6, 6.07) is 3.96. The molecule has 10 heteroatoms. The van der Waals surface area contributed by atoms with Gasteiger partial charge in [-0.25, -0.2) is 4.79 Å². The number of benzene rings is 1. The van der Waals surface area contributed by atoms with Gasteiger partial charge in [-0.05, 0) is 49.7 Å². The molecule has 1 aliphatic rings. The van der Waals surface area contributed by atoms with E-state index in [2.05, 4.69) is 17.1 Å². The van der Waals surface area contributed by atoms with Crippen molar-refractivity contribution in [1.29, 1.82) is 0 Å². The number of halogens is 4. The molecule has 0 fully saturated rings. The summed E-state index contributed by atoms with van der Waals surface area (Å²) < 4.78 is 43.3. The highest BCUT2D eigenvalue weighted by Gasteiger charge is 2.31. The van der Waals surface area contributed by atoms with Crippen LogP contribution in [0.4, 0.5) is 18.2 Å². The molecule has 0 unspecified atom stereocenters. The molecule has 0 aliphatic carbocycles. The molecule has 1 N–H and O–H groups in total. The first kappa shape index (κ1) is 24.2. The van der Waals surface area contributed by atoms with Gasteiger partial charge >= 0.3 is 12.1 Å². The van der Waals surface area contributed by atoms with Gasteiger partial charge in [0.2, 0.25) is 0 Å². The molecule has 0 saturated carbocycles. The molecule has 2 heterocycles. The maximum Gasteiger partial charge on any atom is 0.416 e. The number of hydrogen-bond acceptors (Lipinski definition) is 5. The number of hydrogen-bond donors (Lipinski definition) is 1. The number of fused-ring (bicyclic) bond motifs is 1. The number of carbonyl (C=O) groups excluding carboxylic acids is 2. The molecule has 1 aromatic carbocycles. The molecular weight excluding hydrogens is 441 g/mol. The van der Waals surface area contributed by atoms with Gasteiger partial charge in [-0.1, -0.05) is 6.92 Å². The van der Waals surface area contributed by atoms with E-state index in [0.29, 0.717) is 23.5 Å². The Morgan fingerprint density at radius 1 is 1.20 bits per heavy atom. The van der Waals surface area contributed by atoms with Crippen LogP contribution in [0.2, 0.25) is 0 Å². The zero-order valence-corrected chi connectivity index (χ0v) is 18.1. The summed E-state index contributed by atoms with van der Waals surface area (Å²) in [6.45, 7) is 6.32. The quantitative estimate of drug-likeness (QED) is 0.635. The Labute approximate surface area is 182 Å². The van der Waals surface area contributed by atoms with Crippen molar-refractivity contribution in [3.05, 3.63) is 51.4 Å². The Balaban J connectivity index is 0.00000320. The third kappa shape index (κ3) is 5.14. The zero-order chi connectivity index (χ0) is 21.2. The summed E-state index contributed by atoms with van der Waals surface area (Å²) in [5.74, 6) is -1.08. The minimum absolute atomic E-state index is 0. The first-order chi connectivity index (χ1) is 13.7. The summed E-state index contributed by atoms with van der Waals surface area (Å²) in [5.41, 5.74) is 0.477. The highest BCUT2D eigenvalue weighted by atomic mass is 35.5. The van der Waals surface area contributed by atoms with Gasteiger partial charge in [-0.2, -0.15) is 13.2 Å². The van der Waals surface area contributed by atoms with Gasteiger partial charge < -0.3 is 10.1 Å². The minimum Gasteiger partial charge on any atom is -0.462 e. The lowest BCUT2D eigenvalue weighted by Crippen LogP contribution is -2.30. The molecule has 0 spiro atoms. The van der Waals surface area contributed by atoms with Crippen molar-refractivity contribution in [2.45, 2.75) is 33.0 Å². The van der Waals surface area contributed by atoms with E-state index >= 15 is 0 Å². The van der Waals surface area contributed by atoms with E-state index in [1.165, 1.54) is 11.3 Å². The molecule has 1 aromatic heterocycles. The Bertz CT molecular complexity index is 913. The summed E-state index contributed by atoms with van der Waals surface area (Å²) in [5, 5.41) is 3.06. The molecule has 0 bridgehead atoms. The van der Waals surface area contributed by atoms with Crippen LogP contribution in [-0.4, -0.2) is 36.5 Å². The van der Waals surface area contributed by atoms with Crippen LogP contribution in [0.15, 0.2) is 24.3 Å². The average Bonchev–Trinajstić information content (AvgIpc) is 3.04. The molecule has 0 saturated heterocycles. The summed E-state index contributed by atoms with van der Waals surface area (Å²) in [7, 11) is 0. The molecule has 5 nitrogen and oxygen atoms in total. The number of nitrogens with one attached hydrogen (secondary N) is 1. The van der Waals surface area contributed by atoms with Crippen molar-refractivity contribution >= 4 is 40.6 Å². The minimum atomic E-state index is -4.47. The van der Waals surface area contributed by atoms with Crippen molar-refractivity contribution < 1.29 is 27.5 Å². The van der Waals surface area contributed by atoms with Crippen LogP contribution in [0.5, 0.6) is 0 Å². The summed E-state index contributed by atoms with van der Waals surface area (Å²) >= 11 is 1.31. The second-order valence-corrected chi connectivity index (χ2v) is 7.68. The monoisotopic (exact) mass is 462 g/mol. The van der Waals surface area contributed by atoms with Gasteiger partial charge in [0, 0.05) is 23.5 Å². The lowest BCUT2D eigenvalue weighted by molar-refractivity contribution is -0.137. The van der Waals surface area contributed by atoms with Gasteiger partial charge in [-0.3, -0.25) is 9.69 Å². The Morgan fingerprint density at radius 2 is 1.87 bits per heavy atom. The first-order valence-electron chi connectivity index (χ1n) is 9.27. The number of alkyl halides is 3. The highest BCUT2D eigenvalue weighted by molar-refractivity contribution is 7.17. The van der Waals surface area contributed by atoms with Crippen LogP contribution in [0.3, 0.4) is 0 Å². The van der Waals surface area contributed by atoms with Crippen molar-refractivity contribution in [1.82, 2.24) is 4.90 Å². The van der Waals surface area contributed by atoms with E-state index in [4.69, 9.17) is 4.74 Å². The third-order valence-electron chi connectivity index (χ3n) is 4.76. The molecular formula is C20H22ClF3N2O3S. The fourth-order valence-corrected chi connectivity index (χ4v) is 4.49. The van der Waals surface area contributed by atoms with Gasteiger partial charge in [0.25, 0.3) is 5.91 Å². The van der Waals surface area contributed by atoms with E-state index < -0.39 is 23.6 Å². The van der Waals surface area contributed by atoms with E-state index in [1.54, 1.807) is 6.92 Å². The van der Waals surface area contributed by atoms with E-state index in [0.717, 1.165) is 47.8 Å². The van der Waals surface area contributed by atoms with Gasteiger partial charge in [0.1, 0.15) is 5.00 Å². The predicted molar refractivity (Wildman–Crippen MR) is 112 cm³/mol. The van der Waals surface area contributed by atoms with Gasteiger partial charge in [0.05, 0.1) is 17.7 Å². The van der Waals surface area contributed by atoms with Crippen molar-refractivity contribution in [3.8, 4) is 0 Å². The largest absolute Gasteiger partial charge is 0.462 e. The predicted octanol–water partition coefficient (Wildman–Crippen LogP) is 5.00. The number of likely N-dealkylation sites (N-methyl/N-ethyl adjacent to an activating group) is 1. The maximum atomic E-state index is 12.7. The topological polar surface area (TPSA) is 58.6 Å². The highest BCUT2D eigenvalue weighted by Crippen LogP contribution is 2.38. The smallest absolute Gasteiger partial charge is 0.416 e. The standard InChI is InChI=1S/C20H21F3N2O3S.ClH/c1-3-25-10-9-14-15(11-25)29-18(16(14)19(27)28-4-2)24-17(26)12-5-7-13(8-6-12)20(21,22)23;/h5-8H,3-4,9-11H2,1-2H3,(H,24,26);1H. The Kier molecular flexibility index (Phi) is 7.90. The van der Waals surface area contributed by atoms with Crippen molar-refractivity contribution in [2.24, 2.45) is 0 Å². The number of nitrogens with zero attached hydrogens (tertiary/aromatic N) is 1. The van der Waals surface area contributed by atoms with Crippen LogP contribution < -0.4 is 5.32 Å². The molecule has 164 valence electrons. The maximum absolute atomic E-state index is 12.7. The number of carbonyl (C=O) groups is 2. The Hall–Kier alpha value is -2.10. The van der Waals surface area contributed by atoms with Crippen LogP contribution >= 0.6 is 23.7 Å². The third-order valence-corrected chi connectivity index (χ3v) is 5.90. The normalized spacial score (nSPS) is 13.9. The van der Waals surface area contributed by atoms with Crippen molar-refractivity contribution in [2.75, 3.05) is 25.0 Å². The van der Waals surface area contributed by atoms with Crippen LogP contribution in [0.1, 0.15) is 50.6 Å². The fourth-order valence-electron chi connectivity index (χ4n) is 3.22. The number of rotatable bonds is 5. The molecule has 0 radical (unpaired) electrons. The molecule has 3 rings (SSSR count). The second-order valence-electron chi connectivity index (χ2n) is 6.58. The zero-order valence-electron chi connectivity index (χ0n) is 16.5. The van der Waals surface area contributed by atoms with Crippen LogP contribution in [0, 0.1) is 0 Å². The van der Waals surface area contributed by atoms with Crippen molar-refractivity contribution in [3.63, 3.8) is 0 Å². The van der Waals surface area contributed by atoms with E-state index in [9.17, 15) is 22.8 Å². The molecule has 0 atom stereocenters. The fraction of sp³-hybridized carbons (Fsp3) is 0.400. The van der Waals surface area contributed by atoms with E-state index in [-0.39, 0.29) is 24.6 Å². The number of ether oxygens (including phenoxy) is 1. The molecule has 2 aromatic rings. The second kappa shape index (κ2) is 9.80. The lowest BCUT2D eigenvalue weighted by Gasteiger charge is -2.25. The van der Waals surface area contributed by atoms with Gasteiger partial charge in [0.15, 0.2) is 0 Å².